The molecule has 1 aliphatic heterocycles. The van der Waals surface area contributed by atoms with Gasteiger partial charge in [-0.25, -0.2) is 13.4 Å². The lowest BCUT2D eigenvalue weighted by Gasteiger charge is -2.33. The maximum atomic E-state index is 13.0. The van der Waals surface area contributed by atoms with Crippen LogP contribution in [0.1, 0.15) is 13.3 Å². The number of aliphatic imine (C=N–C) groups is 1. The summed E-state index contributed by atoms with van der Waals surface area (Å²) in [5.41, 5.74) is 6.06. The molecule has 0 aromatic heterocycles. The molecule has 2 atom stereocenters. The molecule has 1 saturated heterocycles. The van der Waals surface area contributed by atoms with Gasteiger partial charge in [0.05, 0.1) is 10.7 Å². The molecule has 2 amide bonds. The normalized spacial score (nSPS) is 20.2. The third-order valence-electron chi connectivity index (χ3n) is 3.58. The SMILES string of the molecule is CC1CC(C(=O)Nc2ccc(F)c(Cl)c2)N(C)SN1.CN=C/C(=C\N)NC=O. The van der Waals surface area contributed by atoms with E-state index < -0.39 is 5.82 Å². The van der Waals surface area contributed by atoms with Gasteiger partial charge in [-0.3, -0.25) is 14.6 Å². The van der Waals surface area contributed by atoms with E-state index in [4.69, 9.17) is 17.3 Å². The summed E-state index contributed by atoms with van der Waals surface area (Å²) in [5, 5.41) is 5.10. The molecular weight excluding hydrogens is 407 g/mol. The first-order valence-corrected chi connectivity index (χ1v) is 9.43. The average molecular weight is 431 g/mol. The summed E-state index contributed by atoms with van der Waals surface area (Å²) in [6, 6.07) is 4.17. The maximum absolute atomic E-state index is 13.0. The van der Waals surface area contributed by atoms with Gasteiger partial charge in [-0.1, -0.05) is 11.6 Å². The fraction of sp³-hybridized carbons (Fsp3) is 0.353. The van der Waals surface area contributed by atoms with Gasteiger partial charge in [0, 0.05) is 43.3 Å². The minimum atomic E-state index is -0.497. The molecule has 0 spiro atoms. The van der Waals surface area contributed by atoms with E-state index in [9.17, 15) is 14.0 Å². The summed E-state index contributed by atoms with van der Waals surface area (Å²) in [4.78, 5) is 25.6. The van der Waals surface area contributed by atoms with Crippen molar-refractivity contribution in [3.05, 3.63) is 40.9 Å². The number of anilines is 1. The van der Waals surface area contributed by atoms with Gasteiger partial charge in [0.2, 0.25) is 12.3 Å². The molecule has 0 radical (unpaired) electrons. The van der Waals surface area contributed by atoms with E-state index in [1.54, 1.807) is 7.05 Å². The molecule has 1 aromatic carbocycles. The van der Waals surface area contributed by atoms with Crippen LogP contribution in [0.5, 0.6) is 0 Å². The lowest BCUT2D eigenvalue weighted by molar-refractivity contribution is -0.119. The van der Waals surface area contributed by atoms with E-state index in [1.165, 1.54) is 42.7 Å². The van der Waals surface area contributed by atoms with Crippen molar-refractivity contribution < 1.29 is 14.0 Å². The Balaban J connectivity index is 0.000000370. The highest BCUT2D eigenvalue weighted by Gasteiger charge is 2.30. The van der Waals surface area contributed by atoms with Gasteiger partial charge in [0.25, 0.3) is 0 Å². The van der Waals surface area contributed by atoms with E-state index in [1.807, 2.05) is 18.3 Å². The number of carbonyl (C=O) groups excluding carboxylic acids is 2. The molecule has 0 bridgehead atoms. The van der Waals surface area contributed by atoms with Gasteiger partial charge < -0.3 is 16.4 Å². The van der Waals surface area contributed by atoms with Crippen LogP contribution in [0.15, 0.2) is 35.1 Å². The Labute approximate surface area is 173 Å². The average Bonchev–Trinajstić information content (AvgIpc) is 2.67. The summed E-state index contributed by atoms with van der Waals surface area (Å²) < 4.78 is 18.1. The number of halogens is 2. The van der Waals surface area contributed by atoms with Crippen LogP contribution in [0.4, 0.5) is 10.1 Å². The van der Waals surface area contributed by atoms with E-state index in [-0.39, 0.29) is 23.0 Å². The molecular formula is C17H24ClFN6O2S. The smallest absolute Gasteiger partial charge is 0.242 e. The Bertz CT molecular complexity index is 734. The summed E-state index contributed by atoms with van der Waals surface area (Å²) in [6.07, 6.45) is 3.97. The summed E-state index contributed by atoms with van der Waals surface area (Å²) >= 11 is 7.10. The van der Waals surface area contributed by atoms with Crippen molar-refractivity contribution in [1.82, 2.24) is 14.3 Å². The second-order valence-corrected chi connectivity index (χ2v) is 7.20. The summed E-state index contributed by atoms with van der Waals surface area (Å²) in [5.74, 6) is -0.617. The minimum absolute atomic E-state index is 0.000733. The zero-order chi connectivity index (χ0) is 21.1. The minimum Gasteiger partial charge on any atom is -0.403 e. The molecule has 28 heavy (non-hydrogen) atoms. The van der Waals surface area contributed by atoms with Gasteiger partial charge in [-0.2, -0.15) is 0 Å². The lowest BCUT2D eigenvalue weighted by atomic mass is 10.1. The van der Waals surface area contributed by atoms with E-state index in [2.05, 4.69) is 20.3 Å². The second kappa shape index (κ2) is 12.3. The van der Waals surface area contributed by atoms with Crippen molar-refractivity contribution in [2.24, 2.45) is 10.7 Å². The largest absolute Gasteiger partial charge is 0.403 e. The number of allylic oxidation sites excluding steroid dienone is 1. The highest BCUT2D eigenvalue weighted by atomic mass is 35.5. The Morgan fingerprint density at radius 3 is 2.82 bits per heavy atom. The topological polar surface area (TPSA) is 112 Å². The highest BCUT2D eigenvalue weighted by Crippen LogP contribution is 2.23. The zero-order valence-electron chi connectivity index (χ0n) is 15.8. The van der Waals surface area contributed by atoms with Crippen molar-refractivity contribution in [3.8, 4) is 0 Å². The molecule has 1 aliphatic rings. The first-order valence-electron chi connectivity index (χ1n) is 8.27. The molecule has 2 unspecified atom stereocenters. The molecule has 154 valence electrons. The fourth-order valence-corrected chi connectivity index (χ4v) is 3.11. The Hall–Kier alpha value is -2.14. The molecule has 0 aliphatic carbocycles. The highest BCUT2D eigenvalue weighted by molar-refractivity contribution is 7.95. The van der Waals surface area contributed by atoms with E-state index >= 15 is 0 Å². The van der Waals surface area contributed by atoms with Gasteiger partial charge in [-0.15, -0.1) is 0 Å². The second-order valence-electron chi connectivity index (χ2n) is 5.80. The predicted octanol–water partition coefficient (Wildman–Crippen LogP) is 1.90. The molecule has 1 fully saturated rings. The van der Waals surface area contributed by atoms with Gasteiger partial charge in [-0.05, 0) is 38.6 Å². The Morgan fingerprint density at radius 1 is 1.54 bits per heavy atom. The fourth-order valence-electron chi connectivity index (χ4n) is 2.18. The van der Waals surface area contributed by atoms with Crippen LogP contribution in [0.2, 0.25) is 5.02 Å². The molecule has 1 heterocycles. The number of nitrogens with one attached hydrogen (secondary N) is 3. The van der Waals surface area contributed by atoms with Crippen LogP contribution in [-0.4, -0.2) is 49.0 Å². The quantitative estimate of drug-likeness (QED) is 0.322. The van der Waals surface area contributed by atoms with E-state index in [0.29, 0.717) is 24.2 Å². The Morgan fingerprint density at radius 2 is 2.25 bits per heavy atom. The van der Waals surface area contributed by atoms with Crippen LogP contribution >= 0.6 is 23.7 Å². The molecule has 5 N–H and O–H groups in total. The van der Waals surface area contributed by atoms with Crippen LogP contribution in [-0.2, 0) is 9.59 Å². The number of nitrogens with two attached hydrogens (primary N) is 1. The maximum Gasteiger partial charge on any atom is 0.242 e. The number of benzene rings is 1. The monoisotopic (exact) mass is 430 g/mol. The Kier molecular flexibility index (Phi) is 10.5. The molecule has 0 saturated carbocycles. The van der Waals surface area contributed by atoms with Gasteiger partial charge in [0.15, 0.2) is 0 Å². The van der Waals surface area contributed by atoms with Crippen molar-refractivity contribution in [1.29, 1.82) is 0 Å². The van der Waals surface area contributed by atoms with Crippen molar-refractivity contribution in [2.45, 2.75) is 25.4 Å². The van der Waals surface area contributed by atoms with Gasteiger partial charge in [0.1, 0.15) is 11.9 Å². The standard InChI is InChI=1S/C12H15ClFN3OS.C5H9N3O/c1-7-5-11(17(2)19-16-7)12(18)15-8-3-4-10(14)9(13)6-8;1-7-3-5(2-6)8-4-9/h3-4,6-7,11,16H,5H2,1-2H3,(H,15,18);2-4H,6H2,1H3,(H,8,9)/b;5-2+,7-3?. The number of nitrogens with zero attached hydrogens (tertiary/aromatic N) is 2. The number of hydrogen-bond acceptors (Lipinski definition) is 7. The third kappa shape index (κ3) is 7.85. The number of hydrogen-bond donors (Lipinski definition) is 4. The molecule has 1 aromatic rings. The van der Waals surface area contributed by atoms with Crippen molar-refractivity contribution in [2.75, 3.05) is 19.4 Å². The van der Waals surface area contributed by atoms with Crippen molar-refractivity contribution in [3.63, 3.8) is 0 Å². The van der Waals surface area contributed by atoms with E-state index in [0.717, 1.165) is 0 Å². The third-order valence-corrected chi connectivity index (χ3v) is 4.92. The lowest BCUT2D eigenvalue weighted by Crippen LogP contribution is -2.48. The number of amides is 2. The first-order chi connectivity index (χ1) is 13.3. The summed E-state index contributed by atoms with van der Waals surface area (Å²) in [6.45, 7) is 2.02. The predicted molar refractivity (Wildman–Crippen MR) is 112 cm³/mol. The first kappa shape index (κ1) is 23.9. The van der Waals surface area contributed by atoms with Crippen LogP contribution < -0.4 is 21.1 Å². The number of likely N-dealkylation sites (N-methyl/N-ethyl adjacent to an activating group) is 1. The number of carbonyl (C=O) groups is 2. The van der Waals surface area contributed by atoms with Crippen LogP contribution in [0.3, 0.4) is 0 Å². The van der Waals surface area contributed by atoms with Gasteiger partial charge >= 0.3 is 0 Å². The summed E-state index contributed by atoms with van der Waals surface area (Å²) in [7, 11) is 3.45. The molecule has 11 heteroatoms. The van der Waals surface area contributed by atoms with Crippen LogP contribution in [0.25, 0.3) is 0 Å². The van der Waals surface area contributed by atoms with Crippen LogP contribution in [0, 0.1) is 5.82 Å². The number of rotatable bonds is 5. The van der Waals surface area contributed by atoms with Crippen molar-refractivity contribution >= 4 is 48.0 Å². The molecule has 8 nitrogen and oxygen atoms in total. The molecule has 2 rings (SSSR count). The zero-order valence-corrected chi connectivity index (χ0v) is 17.4.